The minimum atomic E-state index is -3.82. The molecule has 30 heavy (non-hydrogen) atoms. The van der Waals surface area contributed by atoms with Crippen LogP contribution in [-0.4, -0.2) is 20.9 Å². The fourth-order valence-corrected chi connectivity index (χ4v) is 5.22. The van der Waals surface area contributed by atoms with Crippen molar-refractivity contribution in [2.24, 2.45) is 0 Å². The van der Waals surface area contributed by atoms with E-state index in [2.05, 4.69) is 4.72 Å². The highest BCUT2D eigenvalue weighted by Gasteiger charge is 2.25. The molecule has 1 aliphatic heterocycles. The van der Waals surface area contributed by atoms with Crippen molar-refractivity contribution in [3.05, 3.63) is 88.4 Å². The van der Waals surface area contributed by atoms with Crippen LogP contribution in [0.15, 0.2) is 71.6 Å². The van der Waals surface area contributed by atoms with E-state index < -0.39 is 10.0 Å². The summed E-state index contributed by atoms with van der Waals surface area (Å²) in [5.74, 6) is -0.0951. The number of anilines is 2. The molecule has 0 spiro atoms. The van der Waals surface area contributed by atoms with Crippen LogP contribution in [0.25, 0.3) is 0 Å². The topological polar surface area (TPSA) is 66.5 Å². The van der Waals surface area contributed by atoms with E-state index in [-0.39, 0.29) is 10.8 Å². The van der Waals surface area contributed by atoms with Gasteiger partial charge in [-0.15, -0.1) is 0 Å². The zero-order valence-electron chi connectivity index (χ0n) is 16.4. The molecule has 1 heterocycles. The first-order valence-corrected chi connectivity index (χ1v) is 11.5. The number of nitrogens with zero attached hydrogens (tertiary/aromatic N) is 1. The average molecular weight is 441 g/mol. The van der Waals surface area contributed by atoms with Crippen molar-refractivity contribution >= 4 is 38.9 Å². The van der Waals surface area contributed by atoms with E-state index in [0.717, 1.165) is 24.1 Å². The van der Waals surface area contributed by atoms with Gasteiger partial charge in [-0.05, 0) is 67.3 Å². The summed E-state index contributed by atoms with van der Waals surface area (Å²) in [6.07, 6.45) is 1.70. The van der Waals surface area contributed by atoms with Crippen molar-refractivity contribution in [2.75, 3.05) is 16.2 Å². The van der Waals surface area contributed by atoms with Gasteiger partial charge in [-0.3, -0.25) is 9.52 Å². The van der Waals surface area contributed by atoms with Crippen molar-refractivity contribution in [1.82, 2.24) is 0 Å². The van der Waals surface area contributed by atoms with Crippen molar-refractivity contribution in [2.45, 2.75) is 24.7 Å². The quantitative estimate of drug-likeness (QED) is 0.617. The van der Waals surface area contributed by atoms with Crippen molar-refractivity contribution in [3.63, 3.8) is 0 Å². The summed E-state index contributed by atoms with van der Waals surface area (Å²) in [6, 6.07) is 19.2. The molecule has 0 unspecified atom stereocenters. The lowest BCUT2D eigenvalue weighted by Gasteiger charge is -2.30. The standard InChI is InChI=1S/C23H21ClN2O3S/c1-16-9-11-19(24)14-22(16)30(28,29)25-20-12-10-17-8-5-13-26(21(17)15-20)23(27)18-6-3-2-4-7-18/h2-4,6-7,9-12,14-15,25H,5,8,13H2,1H3. The number of halogens is 1. The Bertz CT molecular complexity index is 1210. The molecule has 4 rings (SSSR count). The molecule has 0 saturated heterocycles. The molecule has 7 heteroatoms. The van der Waals surface area contributed by atoms with E-state index in [0.29, 0.717) is 28.4 Å². The molecular weight excluding hydrogens is 420 g/mol. The van der Waals surface area contributed by atoms with Crippen LogP contribution in [0.1, 0.15) is 27.9 Å². The molecule has 0 fully saturated rings. The van der Waals surface area contributed by atoms with Crippen molar-refractivity contribution < 1.29 is 13.2 Å². The fourth-order valence-electron chi connectivity index (χ4n) is 3.66. The molecule has 3 aromatic carbocycles. The largest absolute Gasteiger partial charge is 0.308 e. The Hall–Kier alpha value is -2.83. The maximum absolute atomic E-state index is 13.0. The Morgan fingerprint density at radius 3 is 2.57 bits per heavy atom. The van der Waals surface area contributed by atoms with Crippen molar-refractivity contribution in [3.8, 4) is 0 Å². The second-order valence-electron chi connectivity index (χ2n) is 7.29. The number of carbonyl (C=O) groups is 1. The van der Waals surface area contributed by atoms with E-state index >= 15 is 0 Å². The average Bonchev–Trinajstić information content (AvgIpc) is 2.74. The molecule has 5 nitrogen and oxygen atoms in total. The van der Waals surface area contributed by atoms with Gasteiger partial charge in [0.1, 0.15) is 0 Å². The predicted molar refractivity (Wildman–Crippen MR) is 120 cm³/mol. The number of sulfonamides is 1. The molecule has 0 bridgehead atoms. The zero-order valence-corrected chi connectivity index (χ0v) is 18.0. The lowest BCUT2D eigenvalue weighted by atomic mass is 10.00. The lowest BCUT2D eigenvalue weighted by Crippen LogP contribution is -2.35. The second kappa shape index (κ2) is 8.13. The molecular formula is C23H21ClN2O3S. The van der Waals surface area contributed by atoms with Crippen molar-refractivity contribution in [1.29, 1.82) is 0 Å². The van der Waals surface area contributed by atoms with Crippen LogP contribution >= 0.6 is 11.6 Å². The second-order valence-corrected chi connectivity index (χ2v) is 9.37. The summed E-state index contributed by atoms with van der Waals surface area (Å²) in [4.78, 5) is 14.9. The molecule has 1 aliphatic rings. The van der Waals surface area contributed by atoms with E-state index in [1.54, 1.807) is 48.2 Å². The Labute approximate surface area is 181 Å². The van der Waals surface area contributed by atoms with Crippen LogP contribution in [0, 0.1) is 6.92 Å². The number of fused-ring (bicyclic) bond motifs is 1. The molecule has 1 N–H and O–H groups in total. The van der Waals surface area contributed by atoms with Gasteiger partial charge < -0.3 is 4.90 Å². The summed E-state index contributed by atoms with van der Waals surface area (Å²) >= 11 is 6.00. The van der Waals surface area contributed by atoms with E-state index in [4.69, 9.17) is 11.6 Å². The van der Waals surface area contributed by atoms with E-state index in [9.17, 15) is 13.2 Å². The number of nitrogens with one attached hydrogen (secondary N) is 1. The van der Waals surface area contributed by atoms with Crippen LogP contribution in [0.2, 0.25) is 5.02 Å². The van der Waals surface area contributed by atoms with Crippen LogP contribution in [0.3, 0.4) is 0 Å². The smallest absolute Gasteiger partial charge is 0.262 e. The number of hydrogen-bond donors (Lipinski definition) is 1. The number of amides is 1. The summed E-state index contributed by atoms with van der Waals surface area (Å²) in [7, 11) is -3.82. The number of aryl methyl sites for hydroxylation is 2. The number of carbonyl (C=O) groups excluding carboxylic acids is 1. The third-order valence-corrected chi connectivity index (χ3v) is 6.92. The van der Waals surface area contributed by atoms with Crippen LogP contribution in [0.4, 0.5) is 11.4 Å². The minimum Gasteiger partial charge on any atom is -0.308 e. The molecule has 3 aromatic rings. The number of benzene rings is 3. The van der Waals surface area contributed by atoms with Crippen LogP contribution in [0.5, 0.6) is 0 Å². The number of hydrogen-bond acceptors (Lipinski definition) is 3. The third-order valence-electron chi connectivity index (χ3n) is 5.16. The van der Waals surface area contributed by atoms with Gasteiger partial charge in [-0.1, -0.05) is 41.9 Å². The first-order chi connectivity index (χ1) is 14.3. The SMILES string of the molecule is Cc1ccc(Cl)cc1S(=O)(=O)Nc1ccc2c(c1)N(C(=O)c1ccccc1)CCC2. The molecule has 1 amide bonds. The zero-order chi connectivity index (χ0) is 21.3. The van der Waals surface area contributed by atoms with Gasteiger partial charge in [-0.2, -0.15) is 0 Å². The normalized spacial score (nSPS) is 13.6. The van der Waals surface area contributed by atoms with Gasteiger partial charge in [0, 0.05) is 22.8 Å². The van der Waals surface area contributed by atoms with Gasteiger partial charge >= 0.3 is 0 Å². The summed E-state index contributed by atoms with van der Waals surface area (Å²) in [5.41, 5.74) is 3.36. The molecule has 0 radical (unpaired) electrons. The van der Waals surface area contributed by atoms with Crippen LogP contribution in [-0.2, 0) is 16.4 Å². The Balaban J connectivity index is 1.68. The van der Waals surface area contributed by atoms with Gasteiger partial charge in [0.05, 0.1) is 10.6 Å². The minimum absolute atomic E-state index is 0.0951. The summed E-state index contributed by atoms with van der Waals surface area (Å²) in [6.45, 7) is 2.31. The van der Waals surface area contributed by atoms with Gasteiger partial charge in [-0.25, -0.2) is 8.42 Å². The molecule has 0 aromatic heterocycles. The fraction of sp³-hybridized carbons (Fsp3) is 0.174. The first-order valence-electron chi connectivity index (χ1n) is 9.64. The molecule has 0 aliphatic carbocycles. The summed E-state index contributed by atoms with van der Waals surface area (Å²) in [5, 5.41) is 0.353. The van der Waals surface area contributed by atoms with Gasteiger partial charge in [0.15, 0.2) is 0 Å². The molecule has 154 valence electrons. The predicted octanol–water partition coefficient (Wildman–Crippen LogP) is 5.04. The molecule has 0 atom stereocenters. The maximum Gasteiger partial charge on any atom is 0.262 e. The Morgan fingerprint density at radius 2 is 1.80 bits per heavy atom. The molecule has 0 saturated carbocycles. The summed E-state index contributed by atoms with van der Waals surface area (Å²) < 4.78 is 28.5. The lowest BCUT2D eigenvalue weighted by molar-refractivity contribution is 0.0985. The Kier molecular flexibility index (Phi) is 5.54. The van der Waals surface area contributed by atoms with E-state index in [1.807, 2.05) is 24.3 Å². The van der Waals surface area contributed by atoms with Crippen LogP contribution < -0.4 is 9.62 Å². The number of rotatable bonds is 4. The highest BCUT2D eigenvalue weighted by molar-refractivity contribution is 7.92. The highest BCUT2D eigenvalue weighted by atomic mass is 35.5. The third kappa shape index (κ3) is 4.06. The highest BCUT2D eigenvalue weighted by Crippen LogP contribution is 2.32. The monoisotopic (exact) mass is 440 g/mol. The Morgan fingerprint density at radius 1 is 1.03 bits per heavy atom. The van der Waals surface area contributed by atoms with E-state index in [1.165, 1.54) is 6.07 Å². The maximum atomic E-state index is 13.0. The van der Waals surface area contributed by atoms with Gasteiger partial charge in [0.25, 0.3) is 15.9 Å². The first kappa shape index (κ1) is 20.4. The van der Waals surface area contributed by atoms with Gasteiger partial charge in [0.2, 0.25) is 0 Å².